The molecule has 0 bridgehead atoms. The molecule has 6 rings (SSSR count). The number of aryl methyl sites for hydroxylation is 2. The summed E-state index contributed by atoms with van der Waals surface area (Å²) in [6.45, 7) is -11.5. The van der Waals surface area contributed by atoms with Crippen LogP contribution in [-0.2, 0) is 31.9 Å². The number of hydrogen-bond acceptors (Lipinski definition) is 3. The van der Waals surface area contributed by atoms with Gasteiger partial charge in [0, 0.05) is 51.6 Å². The molecule has 3 aromatic heterocycles. The van der Waals surface area contributed by atoms with Gasteiger partial charge >= 0.3 is 128 Å². The molecule has 0 saturated carbocycles. The van der Waals surface area contributed by atoms with Crippen LogP contribution >= 0.6 is 11.3 Å². The topological polar surface area (TPSA) is 25.8 Å². The molecule has 0 aliphatic carbocycles. The first-order valence-electron chi connectivity index (χ1n) is 23.0. The molecule has 0 amide bonds. The summed E-state index contributed by atoms with van der Waals surface area (Å²) < 4.78 is 138. The summed E-state index contributed by atoms with van der Waals surface area (Å²) in [6.07, 6.45) is 1.66. The Morgan fingerprint density at radius 1 is 0.957 bits per heavy atom. The maximum absolute atomic E-state index is 8.56. The van der Waals surface area contributed by atoms with Crippen molar-refractivity contribution in [2.75, 3.05) is 0 Å². The van der Waals surface area contributed by atoms with Crippen LogP contribution in [0, 0.1) is 31.8 Å². The van der Waals surface area contributed by atoms with Gasteiger partial charge in [0.15, 0.2) is 0 Å². The molecule has 0 spiro atoms. The van der Waals surface area contributed by atoms with Gasteiger partial charge in [-0.2, -0.15) is 11.3 Å². The molecular weight excluding hydrogens is 817 g/mol. The van der Waals surface area contributed by atoms with Crippen LogP contribution < -0.4 is 4.40 Å². The molecule has 1 radical (unpaired) electrons. The molecule has 0 atom stereocenters. The minimum atomic E-state index is -3.48. The zero-order chi connectivity index (χ0) is 46.8. The van der Waals surface area contributed by atoms with E-state index in [0.717, 1.165) is 50.9 Å². The molecule has 0 unspecified atom stereocenters. The predicted octanol–water partition coefficient (Wildman–Crippen LogP) is 11.1. The zero-order valence-electron chi connectivity index (χ0n) is 43.2. The van der Waals surface area contributed by atoms with E-state index < -0.39 is 64.9 Å². The van der Waals surface area contributed by atoms with Gasteiger partial charge in [-0.25, -0.2) is 0 Å². The maximum Gasteiger partial charge on any atom is 0 e. The number of nitrogens with zero attached hydrogens (tertiary/aromatic N) is 2. The molecule has 2 nitrogen and oxygen atoms in total. The van der Waals surface area contributed by atoms with Gasteiger partial charge in [-0.3, -0.25) is 0 Å². The number of benzene rings is 3. The van der Waals surface area contributed by atoms with E-state index >= 15 is 0 Å². The summed E-state index contributed by atoms with van der Waals surface area (Å²) in [5.41, 5.74) is -1.09. The summed E-state index contributed by atoms with van der Waals surface area (Å²) >= 11 is -1.13. The van der Waals surface area contributed by atoms with Crippen LogP contribution in [0.25, 0.3) is 42.7 Å². The third kappa shape index (κ3) is 8.26. The minimum Gasteiger partial charge on any atom is 0 e. The SMILES string of the molecule is [2H]C([2H])([2H])c1ccc2c(c1)sc1c(-c3cc(C(C([2H])([2H])[2H])(C([2H])([2H])[2H])C([2H])([2H])[2H])ccn3)[c-]cc(C([2H])([2H])[2H])c12.[2H]C([2H])(c1cc(-c2[c-]cccc2)nc[c]1[Ge]([CH3])([CH3])[CH3])C(C)C.[Ir]. The number of fused-ring (bicyclic) bond motifs is 3. The molecule has 0 N–H and O–H groups in total. The average molecular weight is 881 g/mol. The first-order valence-corrected chi connectivity index (χ1v) is 22.7. The van der Waals surface area contributed by atoms with Gasteiger partial charge in [0.2, 0.25) is 0 Å². The number of hydrogen-bond donors (Lipinski definition) is 0. The Kier molecular flexibility index (Phi) is 6.17. The van der Waals surface area contributed by atoms with E-state index in [2.05, 4.69) is 39.4 Å². The fraction of sp³-hybridized carbons (Fsp3) is 0.317. The number of aromatic nitrogens is 2. The van der Waals surface area contributed by atoms with Crippen molar-refractivity contribution in [3.05, 3.63) is 114 Å². The van der Waals surface area contributed by atoms with Gasteiger partial charge in [-0.1, -0.05) is 51.0 Å². The molecule has 46 heavy (non-hydrogen) atoms. The fourth-order valence-electron chi connectivity index (χ4n) is 5.00. The van der Waals surface area contributed by atoms with Gasteiger partial charge in [0.25, 0.3) is 0 Å². The third-order valence-electron chi connectivity index (χ3n) is 7.14. The Morgan fingerprint density at radius 3 is 2.46 bits per heavy atom. The Hall–Kier alpha value is -2.63. The summed E-state index contributed by atoms with van der Waals surface area (Å²) in [4.78, 5) is 8.83. The van der Waals surface area contributed by atoms with Gasteiger partial charge < -0.3 is 4.98 Å². The van der Waals surface area contributed by atoms with Crippen molar-refractivity contribution in [1.82, 2.24) is 9.97 Å². The van der Waals surface area contributed by atoms with Crippen LogP contribution in [0.15, 0.2) is 79.1 Å². The number of thiophene rings is 1. The van der Waals surface area contributed by atoms with Gasteiger partial charge in [-0.05, 0) is 51.3 Å². The van der Waals surface area contributed by atoms with Crippen molar-refractivity contribution in [2.45, 2.75) is 77.2 Å². The summed E-state index contributed by atoms with van der Waals surface area (Å²) in [5, 5.41) is 0.749. The first kappa shape index (κ1) is 19.4. The molecule has 0 aliphatic rings. The van der Waals surface area contributed by atoms with E-state index in [1.165, 1.54) is 24.3 Å². The summed E-state index contributed by atoms with van der Waals surface area (Å²) in [6, 6.07) is 23.4. The maximum atomic E-state index is 8.56. The molecule has 5 heteroatoms. The molecule has 0 fully saturated rings. The van der Waals surface area contributed by atoms with Crippen LogP contribution in [0.1, 0.15) is 80.0 Å². The monoisotopic (exact) mass is 882 g/mol. The quantitative estimate of drug-likeness (QED) is 0.127. The Balaban J connectivity index is 0.000000321. The van der Waals surface area contributed by atoms with Gasteiger partial charge in [-0.15, -0.1) is 23.3 Å². The Morgan fingerprint density at radius 2 is 1.78 bits per heavy atom. The largest absolute Gasteiger partial charge is 0 e. The van der Waals surface area contributed by atoms with E-state index in [1.54, 1.807) is 0 Å². The van der Waals surface area contributed by atoms with Crippen LogP contribution in [0.5, 0.6) is 0 Å². The van der Waals surface area contributed by atoms with E-state index in [4.69, 9.17) is 23.3 Å². The predicted molar refractivity (Wildman–Crippen MR) is 200 cm³/mol. The van der Waals surface area contributed by atoms with Crippen LogP contribution in [-0.4, -0.2) is 23.2 Å². The van der Waals surface area contributed by atoms with E-state index in [0.29, 0.717) is 14.8 Å². The second-order valence-corrected chi connectivity index (χ2v) is 23.8. The van der Waals surface area contributed by atoms with Crippen molar-refractivity contribution in [3.8, 4) is 22.5 Å². The molecule has 0 saturated heterocycles. The van der Waals surface area contributed by atoms with Crippen molar-refractivity contribution < 1.29 is 43.4 Å². The van der Waals surface area contributed by atoms with Crippen molar-refractivity contribution >= 4 is 49.2 Å². The van der Waals surface area contributed by atoms with E-state index in [1.807, 2.05) is 50.4 Å². The fourth-order valence-corrected chi connectivity index (χ4v) is 9.22. The Bertz CT molecular complexity index is 2530. The number of pyridine rings is 2. The standard InChI is InChI=1S/C23H22NS.C18H24GeN.Ir/c1-14-6-8-18-20(12-14)25-22-17(9-7-15(2)21(18)22)19-13-16(10-11-24-19)23(3,4)5;1-14(2)11-16-12-18(15-9-7-6-8-10-15)20-13-17(16)19(3,4)5;/h6-8,10-13H,1-5H3;6-9,12-14H,11H2,1-5H3;/q2*-1;/i1D3,2D3,3D3,4D3,5D3;11D2;. The molecule has 3 heterocycles. The van der Waals surface area contributed by atoms with Crippen LogP contribution in [0.4, 0.5) is 0 Å². The third-order valence-corrected chi connectivity index (χ3v) is 12.5. The zero-order valence-corrected chi connectivity index (χ0v) is 31.5. The van der Waals surface area contributed by atoms with Gasteiger partial charge in [0.1, 0.15) is 0 Å². The average Bonchev–Trinajstić information content (AvgIpc) is 3.51. The smallest absolute Gasteiger partial charge is 0 e. The number of rotatable bonds is 5. The second kappa shape index (κ2) is 14.6. The van der Waals surface area contributed by atoms with Crippen molar-refractivity contribution in [3.63, 3.8) is 0 Å². The normalized spacial score (nSPS) is 19.0. The molecule has 0 aliphatic heterocycles. The Labute approximate surface area is 320 Å². The molecule has 241 valence electrons. The van der Waals surface area contributed by atoms with Gasteiger partial charge in [0.05, 0.1) is 0 Å². The molecule has 3 aromatic carbocycles. The molecule has 6 aromatic rings. The van der Waals surface area contributed by atoms with Crippen LogP contribution in [0.2, 0.25) is 17.3 Å². The summed E-state index contributed by atoms with van der Waals surface area (Å²) in [7, 11) is 0. The van der Waals surface area contributed by atoms with E-state index in [-0.39, 0.29) is 53.8 Å². The van der Waals surface area contributed by atoms with Crippen molar-refractivity contribution in [2.24, 2.45) is 5.92 Å². The molecular formula is C41H46GeIrN2S-2. The first-order chi connectivity index (χ1) is 28.2. The summed E-state index contributed by atoms with van der Waals surface area (Å²) in [5.74, 6) is 6.77. The van der Waals surface area contributed by atoms with Crippen LogP contribution in [0.3, 0.4) is 0 Å². The minimum absolute atomic E-state index is 0. The second-order valence-electron chi connectivity index (χ2n) is 12.2. The van der Waals surface area contributed by atoms with E-state index in [9.17, 15) is 0 Å². The van der Waals surface area contributed by atoms with Crippen molar-refractivity contribution in [1.29, 1.82) is 0 Å².